The number of halogens is 2. The molecule has 0 aromatic heterocycles. The molecule has 0 unspecified atom stereocenters. The predicted octanol–water partition coefficient (Wildman–Crippen LogP) is 5.60. The standard InChI is InChI=1S/C25H19Cl2NO4/c26-25(27)14-19(25)15-6-8-17(9-7-15)24(30)28-20-13-22-21(31-10-11-32-22)12-18(20)23(29)16-4-2-1-3-5-16/h1-9,12-13,19H,10-11,14H2,(H,28,30)/t19-/m0/s1. The number of ketones is 1. The lowest BCUT2D eigenvalue weighted by Gasteiger charge is -2.21. The van der Waals surface area contributed by atoms with Crippen LogP contribution in [0.15, 0.2) is 66.7 Å². The van der Waals surface area contributed by atoms with Crippen molar-refractivity contribution in [2.45, 2.75) is 16.7 Å². The first-order chi connectivity index (χ1) is 15.4. The van der Waals surface area contributed by atoms with Crippen molar-refractivity contribution in [2.75, 3.05) is 18.5 Å². The van der Waals surface area contributed by atoms with Gasteiger partial charge in [-0.2, -0.15) is 0 Å². The molecule has 1 aliphatic heterocycles. The first kappa shape index (κ1) is 20.9. The zero-order valence-electron chi connectivity index (χ0n) is 16.9. The summed E-state index contributed by atoms with van der Waals surface area (Å²) in [5.74, 6) is 0.487. The van der Waals surface area contributed by atoms with Gasteiger partial charge in [-0.15, -0.1) is 23.2 Å². The zero-order valence-corrected chi connectivity index (χ0v) is 18.5. The van der Waals surface area contributed by atoms with Crippen LogP contribution in [0.3, 0.4) is 0 Å². The van der Waals surface area contributed by atoms with E-state index < -0.39 is 4.33 Å². The molecule has 3 aromatic rings. The lowest BCUT2D eigenvalue weighted by atomic mass is 10.00. The number of fused-ring (bicyclic) bond motifs is 1. The maximum Gasteiger partial charge on any atom is 0.255 e. The Morgan fingerprint density at radius 2 is 1.50 bits per heavy atom. The summed E-state index contributed by atoms with van der Waals surface area (Å²) in [4.78, 5) is 26.2. The van der Waals surface area contributed by atoms with Gasteiger partial charge in [0, 0.05) is 23.1 Å². The molecule has 7 heteroatoms. The summed E-state index contributed by atoms with van der Waals surface area (Å²) in [7, 11) is 0. The van der Waals surface area contributed by atoms with Crippen LogP contribution in [-0.4, -0.2) is 29.2 Å². The van der Waals surface area contributed by atoms with Crippen LogP contribution >= 0.6 is 23.2 Å². The van der Waals surface area contributed by atoms with Gasteiger partial charge in [-0.3, -0.25) is 9.59 Å². The largest absolute Gasteiger partial charge is 0.486 e. The Bertz CT molecular complexity index is 1190. The highest BCUT2D eigenvalue weighted by atomic mass is 35.5. The summed E-state index contributed by atoms with van der Waals surface area (Å²) in [5.41, 5.74) is 2.65. The smallest absolute Gasteiger partial charge is 0.255 e. The van der Waals surface area contributed by atoms with E-state index in [-0.39, 0.29) is 17.6 Å². The maximum absolute atomic E-state index is 13.2. The van der Waals surface area contributed by atoms with Gasteiger partial charge in [0.2, 0.25) is 0 Å². The Kier molecular flexibility index (Phi) is 5.31. The number of benzene rings is 3. The topological polar surface area (TPSA) is 64.6 Å². The van der Waals surface area contributed by atoms with Crippen molar-refractivity contribution in [3.05, 3.63) is 89.0 Å². The number of hydrogen-bond acceptors (Lipinski definition) is 4. The number of carbonyl (C=O) groups excluding carboxylic acids is 2. The first-order valence-corrected chi connectivity index (χ1v) is 11.0. The van der Waals surface area contributed by atoms with Gasteiger partial charge in [-0.1, -0.05) is 42.5 Å². The number of ether oxygens (including phenoxy) is 2. The maximum atomic E-state index is 13.2. The number of carbonyl (C=O) groups is 2. The van der Waals surface area contributed by atoms with Crippen molar-refractivity contribution in [2.24, 2.45) is 0 Å². The van der Waals surface area contributed by atoms with E-state index >= 15 is 0 Å². The Morgan fingerprint density at radius 3 is 2.12 bits per heavy atom. The van der Waals surface area contributed by atoms with Gasteiger partial charge >= 0.3 is 0 Å². The summed E-state index contributed by atoms with van der Waals surface area (Å²) in [6.07, 6.45) is 0.698. The molecule has 1 heterocycles. The number of hydrogen-bond donors (Lipinski definition) is 1. The van der Waals surface area contributed by atoms with E-state index in [2.05, 4.69) is 5.32 Å². The van der Waals surface area contributed by atoms with Gasteiger partial charge in [0.15, 0.2) is 17.3 Å². The van der Waals surface area contributed by atoms with E-state index in [4.69, 9.17) is 32.7 Å². The molecular formula is C25H19Cl2NO4. The molecule has 5 rings (SSSR count). The third-order valence-corrected chi connectivity index (χ3v) is 6.45. The molecule has 1 fully saturated rings. The predicted molar refractivity (Wildman–Crippen MR) is 123 cm³/mol. The highest BCUT2D eigenvalue weighted by molar-refractivity contribution is 6.51. The van der Waals surface area contributed by atoms with Crippen molar-refractivity contribution >= 4 is 40.6 Å². The van der Waals surface area contributed by atoms with Crippen LogP contribution < -0.4 is 14.8 Å². The lowest BCUT2D eigenvalue weighted by Crippen LogP contribution is -2.19. The summed E-state index contributed by atoms with van der Waals surface area (Å²) >= 11 is 12.3. The molecule has 5 nitrogen and oxygen atoms in total. The van der Waals surface area contributed by atoms with Crippen LogP contribution in [0.5, 0.6) is 11.5 Å². The van der Waals surface area contributed by atoms with Crippen molar-refractivity contribution < 1.29 is 19.1 Å². The average molecular weight is 468 g/mol. The molecule has 3 aromatic carbocycles. The lowest BCUT2D eigenvalue weighted by molar-refractivity contribution is 0.102. The number of alkyl halides is 2. The Balaban J connectivity index is 1.44. The molecule has 0 spiro atoms. The summed E-state index contributed by atoms with van der Waals surface area (Å²) in [6, 6.07) is 19.3. The minimum absolute atomic E-state index is 0.0795. The van der Waals surface area contributed by atoms with Crippen LogP contribution in [0.4, 0.5) is 5.69 Å². The molecule has 1 aliphatic carbocycles. The average Bonchev–Trinajstić information content (AvgIpc) is 3.46. The number of anilines is 1. The first-order valence-electron chi connectivity index (χ1n) is 10.2. The summed E-state index contributed by atoms with van der Waals surface area (Å²) in [6.45, 7) is 0.800. The summed E-state index contributed by atoms with van der Waals surface area (Å²) < 4.78 is 10.6. The van der Waals surface area contributed by atoms with E-state index in [1.807, 2.05) is 18.2 Å². The monoisotopic (exact) mass is 467 g/mol. The fourth-order valence-electron chi connectivity index (χ4n) is 3.76. The van der Waals surface area contributed by atoms with Crippen molar-refractivity contribution in [3.8, 4) is 11.5 Å². The van der Waals surface area contributed by atoms with Crippen LogP contribution in [0.1, 0.15) is 44.2 Å². The summed E-state index contributed by atoms with van der Waals surface area (Å²) in [5, 5.41) is 2.86. The molecule has 1 amide bonds. The van der Waals surface area contributed by atoms with E-state index in [0.717, 1.165) is 5.56 Å². The molecular weight excluding hydrogens is 449 g/mol. The normalized spacial score (nSPS) is 18.0. The molecule has 0 bridgehead atoms. The molecule has 1 atom stereocenters. The van der Waals surface area contributed by atoms with Crippen LogP contribution in [0.2, 0.25) is 0 Å². The second kappa shape index (κ2) is 8.15. The molecule has 1 N–H and O–H groups in total. The molecule has 0 radical (unpaired) electrons. The minimum Gasteiger partial charge on any atom is -0.486 e. The Labute approximate surface area is 195 Å². The van der Waals surface area contributed by atoms with Gasteiger partial charge in [-0.25, -0.2) is 0 Å². The Hall–Kier alpha value is -3.02. The van der Waals surface area contributed by atoms with Crippen LogP contribution in [0, 0.1) is 0 Å². The van der Waals surface area contributed by atoms with E-state index in [1.54, 1.807) is 48.5 Å². The molecule has 162 valence electrons. The fourth-order valence-corrected chi connectivity index (χ4v) is 4.32. The van der Waals surface area contributed by atoms with Crippen molar-refractivity contribution in [1.82, 2.24) is 0 Å². The quantitative estimate of drug-likeness (QED) is 0.391. The van der Waals surface area contributed by atoms with E-state index in [1.165, 1.54) is 0 Å². The van der Waals surface area contributed by atoms with Gasteiger partial charge < -0.3 is 14.8 Å². The molecule has 1 saturated carbocycles. The van der Waals surface area contributed by atoms with Gasteiger partial charge in [0.1, 0.15) is 17.5 Å². The number of nitrogens with one attached hydrogen (secondary N) is 1. The Morgan fingerprint density at radius 1 is 0.875 bits per heavy atom. The number of rotatable bonds is 5. The van der Waals surface area contributed by atoms with E-state index in [9.17, 15) is 9.59 Å². The molecule has 0 saturated heterocycles. The van der Waals surface area contributed by atoms with Gasteiger partial charge in [-0.05, 0) is 30.2 Å². The SMILES string of the molecule is O=C(Nc1cc2c(cc1C(=O)c1ccccc1)OCCO2)c1ccc([C@@H]2CC2(Cl)Cl)cc1. The zero-order chi connectivity index (χ0) is 22.3. The van der Waals surface area contributed by atoms with Gasteiger partial charge in [0.25, 0.3) is 5.91 Å². The van der Waals surface area contributed by atoms with Crippen molar-refractivity contribution in [1.29, 1.82) is 0 Å². The molecule has 2 aliphatic rings. The second-order valence-electron chi connectivity index (χ2n) is 7.83. The second-order valence-corrected chi connectivity index (χ2v) is 9.37. The van der Waals surface area contributed by atoms with Gasteiger partial charge in [0.05, 0.1) is 11.3 Å². The minimum atomic E-state index is -0.721. The van der Waals surface area contributed by atoms with Crippen molar-refractivity contribution in [3.63, 3.8) is 0 Å². The highest BCUT2D eigenvalue weighted by Gasteiger charge is 2.52. The number of amides is 1. The van der Waals surface area contributed by atoms with Crippen LogP contribution in [0.25, 0.3) is 0 Å². The fraction of sp³-hybridized carbons (Fsp3) is 0.200. The highest BCUT2D eigenvalue weighted by Crippen LogP contribution is 2.59. The van der Waals surface area contributed by atoms with Crippen LogP contribution in [-0.2, 0) is 0 Å². The third kappa shape index (κ3) is 4.06. The molecule has 32 heavy (non-hydrogen) atoms. The third-order valence-electron chi connectivity index (χ3n) is 5.61. The van der Waals surface area contributed by atoms with E-state index in [0.29, 0.717) is 53.5 Å².